The predicted octanol–water partition coefficient (Wildman–Crippen LogP) is 0.905. The van der Waals surface area contributed by atoms with Gasteiger partial charge < -0.3 is 10.1 Å². The molecule has 4 heterocycles. The Morgan fingerprint density at radius 2 is 1.70 bits per heavy atom. The molecule has 0 aliphatic carbocycles. The lowest BCUT2D eigenvalue weighted by Gasteiger charge is -2.46. The SMILES string of the molecule is C1CC(C2CNC2)CC(N2CCC(C3COC3)CC2)[N]1. The van der Waals surface area contributed by atoms with Crippen molar-refractivity contribution in [2.24, 2.45) is 23.7 Å². The number of ether oxygens (including phenoxy) is 1. The molecule has 1 radical (unpaired) electrons. The van der Waals surface area contributed by atoms with Crippen LogP contribution < -0.4 is 10.6 Å². The maximum absolute atomic E-state index is 5.35. The fourth-order valence-corrected chi connectivity index (χ4v) is 4.40. The van der Waals surface area contributed by atoms with Gasteiger partial charge in [0.1, 0.15) is 0 Å². The molecule has 4 heteroatoms. The van der Waals surface area contributed by atoms with Crippen LogP contribution in [0.3, 0.4) is 0 Å². The Labute approximate surface area is 122 Å². The van der Waals surface area contributed by atoms with Gasteiger partial charge in [-0.15, -0.1) is 0 Å². The number of nitrogens with one attached hydrogen (secondary N) is 1. The highest BCUT2D eigenvalue weighted by Crippen LogP contribution is 2.33. The molecule has 1 N–H and O–H groups in total. The molecule has 0 aromatic heterocycles. The highest BCUT2D eigenvalue weighted by Gasteiger charge is 2.37. The molecular weight excluding hydrogens is 250 g/mol. The van der Waals surface area contributed by atoms with Crippen LogP contribution in [0.15, 0.2) is 0 Å². The molecule has 4 aliphatic rings. The molecule has 4 nitrogen and oxygen atoms in total. The van der Waals surface area contributed by atoms with Gasteiger partial charge in [-0.2, -0.15) is 0 Å². The fraction of sp³-hybridized carbons (Fsp3) is 1.00. The van der Waals surface area contributed by atoms with E-state index in [0.717, 1.165) is 43.4 Å². The molecule has 0 saturated carbocycles. The van der Waals surface area contributed by atoms with Crippen molar-refractivity contribution >= 4 is 0 Å². The van der Waals surface area contributed by atoms with Gasteiger partial charge in [0.15, 0.2) is 0 Å². The third kappa shape index (κ3) is 2.63. The summed E-state index contributed by atoms with van der Waals surface area (Å²) in [4.78, 5) is 2.67. The second-order valence-corrected chi connectivity index (χ2v) is 7.26. The van der Waals surface area contributed by atoms with Gasteiger partial charge >= 0.3 is 0 Å². The van der Waals surface area contributed by atoms with Crippen LogP contribution in [0.25, 0.3) is 0 Å². The molecule has 0 spiro atoms. The molecule has 0 amide bonds. The maximum atomic E-state index is 5.35. The van der Waals surface area contributed by atoms with E-state index in [-0.39, 0.29) is 0 Å². The van der Waals surface area contributed by atoms with Crippen molar-refractivity contribution in [2.45, 2.75) is 31.8 Å². The van der Waals surface area contributed by atoms with Crippen LogP contribution in [0, 0.1) is 23.7 Å². The van der Waals surface area contributed by atoms with Crippen LogP contribution >= 0.6 is 0 Å². The number of likely N-dealkylation sites (tertiary alicyclic amines) is 1. The van der Waals surface area contributed by atoms with E-state index in [2.05, 4.69) is 10.2 Å². The fourth-order valence-electron chi connectivity index (χ4n) is 4.40. The molecule has 113 valence electrons. The van der Waals surface area contributed by atoms with Crippen LogP contribution in [0.2, 0.25) is 0 Å². The van der Waals surface area contributed by atoms with Crippen LogP contribution in [-0.2, 0) is 4.74 Å². The minimum absolute atomic E-state index is 0.535. The summed E-state index contributed by atoms with van der Waals surface area (Å²) in [6.45, 7) is 8.19. The number of hydrogen-bond donors (Lipinski definition) is 1. The standard InChI is InChI=1S/C16H28N3O/c1-4-18-16(7-13(1)14-8-17-9-14)19-5-2-12(3-6-19)15-10-20-11-15/h12-17H,1-11H2. The lowest BCUT2D eigenvalue weighted by atomic mass is 9.79. The van der Waals surface area contributed by atoms with Crippen LogP contribution in [0.1, 0.15) is 25.7 Å². The van der Waals surface area contributed by atoms with Crippen molar-refractivity contribution in [2.75, 3.05) is 45.9 Å². The van der Waals surface area contributed by atoms with Gasteiger partial charge in [-0.05, 0) is 69.6 Å². The van der Waals surface area contributed by atoms with Crippen LogP contribution in [0.4, 0.5) is 0 Å². The van der Waals surface area contributed by atoms with E-state index in [0.29, 0.717) is 6.17 Å². The van der Waals surface area contributed by atoms with Crippen molar-refractivity contribution < 1.29 is 4.74 Å². The van der Waals surface area contributed by atoms with Crippen molar-refractivity contribution in [3.05, 3.63) is 0 Å². The molecule has 2 unspecified atom stereocenters. The summed E-state index contributed by atoms with van der Waals surface area (Å²) in [5.74, 6) is 3.67. The van der Waals surface area contributed by atoms with Gasteiger partial charge in [0.05, 0.1) is 19.4 Å². The van der Waals surface area contributed by atoms with Gasteiger partial charge in [0.25, 0.3) is 0 Å². The third-order valence-corrected chi connectivity index (χ3v) is 6.16. The average molecular weight is 278 g/mol. The molecule has 2 atom stereocenters. The lowest BCUT2D eigenvalue weighted by molar-refractivity contribution is -0.0768. The first-order valence-electron chi connectivity index (χ1n) is 8.59. The van der Waals surface area contributed by atoms with Crippen molar-refractivity contribution in [3.8, 4) is 0 Å². The molecule has 0 aromatic carbocycles. The summed E-state index contributed by atoms with van der Waals surface area (Å²) in [6, 6.07) is 0. The first-order valence-corrected chi connectivity index (χ1v) is 8.59. The zero-order valence-corrected chi connectivity index (χ0v) is 12.5. The first-order chi connectivity index (χ1) is 9.90. The first kappa shape index (κ1) is 13.5. The smallest absolute Gasteiger partial charge is 0.0763 e. The summed E-state index contributed by atoms with van der Waals surface area (Å²) in [5.41, 5.74) is 0. The number of piperidine rings is 2. The second-order valence-electron chi connectivity index (χ2n) is 7.26. The second kappa shape index (κ2) is 5.91. The van der Waals surface area contributed by atoms with Crippen molar-refractivity contribution in [1.82, 2.24) is 15.5 Å². The summed E-state index contributed by atoms with van der Waals surface area (Å²) >= 11 is 0. The monoisotopic (exact) mass is 278 g/mol. The van der Waals surface area contributed by atoms with Crippen molar-refractivity contribution in [1.29, 1.82) is 0 Å². The lowest BCUT2D eigenvalue weighted by Crippen LogP contribution is -2.54. The molecule has 0 aromatic rings. The molecule has 4 aliphatic heterocycles. The van der Waals surface area contributed by atoms with Crippen LogP contribution in [0.5, 0.6) is 0 Å². The molecule has 4 rings (SSSR count). The highest BCUT2D eigenvalue weighted by molar-refractivity contribution is 4.90. The van der Waals surface area contributed by atoms with Crippen LogP contribution in [-0.4, -0.2) is 57.0 Å². The Kier molecular flexibility index (Phi) is 3.99. The zero-order valence-electron chi connectivity index (χ0n) is 12.5. The van der Waals surface area contributed by atoms with E-state index in [1.54, 1.807) is 0 Å². The Morgan fingerprint density at radius 1 is 0.900 bits per heavy atom. The summed E-state index contributed by atoms with van der Waals surface area (Å²) < 4.78 is 5.35. The Bertz CT molecular complexity index is 322. The minimum atomic E-state index is 0.535. The Balaban J connectivity index is 1.27. The number of hydrogen-bond acceptors (Lipinski definition) is 3. The van der Waals surface area contributed by atoms with E-state index in [4.69, 9.17) is 10.1 Å². The van der Waals surface area contributed by atoms with Gasteiger partial charge in [-0.3, -0.25) is 4.90 Å². The molecule has 4 fully saturated rings. The van der Waals surface area contributed by atoms with E-state index in [1.807, 2.05) is 0 Å². The van der Waals surface area contributed by atoms with E-state index < -0.39 is 0 Å². The van der Waals surface area contributed by atoms with Gasteiger partial charge in [0.2, 0.25) is 0 Å². The normalized spacial score (nSPS) is 38.4. The molecule has 0 bridgehead atoms. The Hall–Kier alpha value is -0.160. The highest BCUT2D eigenvalue weighted by atomic mass is 16.5. The molecule has 20 heavy (non-hydrogen) atoms. The summed E-state index contributed by atoms with van der Waals surface area (Å²) in [5, 5.41) is 8.36. The third-order valence-electron chi connectivity index (χ3n) is 6.16. The zero-order chi connectivity index (χ0) is 13.4. The average Bonchev–Trinajstić information content (AvgIpc) is 2.36. The topological polar surface area (TPSA) is 38.6 Å². The van der Waals surface area contributed by atoms with Crippen molar-refractivity contribution in [3.63, 3.8) is 0 Å². The van der Waals surface area contributed by atoms with E-state index >= 15 is 0 Å². The van der Waals surface area contributed by atoms with E-state index in [9.17, 15) is 0 Å². The molecular formula is C16H28N3O. The predicted molar refractivity (Wildman–Crippen MR) is 78.5 cm³/mol. The largest absolute Gasteiger partial charge is 0.381 e. The summed E-state index contributed by atoms with van der Waals surface area (Å²) in [7, 11) is 0. The number of rotatable bonds is 3. The van der Waals surface area contributed by atoms with E-state index in [1.165, 1.54) is 51.9 Å². The Morgan fingerprint density at radius 3 is 2.30 bits per heavy atom. The van der Waals surface area contributed by atoms with Gasteiger partial charge in [-0.1, -0.05) is 0 Å². The number of nitrogens with zero attached hydrogens (tertiary/aromatic N) is 2. The quantitative estimate of drug-likeness (QED) is 0.834. The van der Waals surface area contributed by atoms with Gasteiger partial charge in [-0.25, -0.2) is 5.32 Å². The summed E-state index contributed by atoms with van der Waals surface area (Å²) in [6.07, 6.45) is 5.93. The van der Waals surface area contributed by atoms with Gasteiger partial charge in [0, 0.05) is 12.5 Å². The maximum Gasteiger partial charge on any atom is 0.0763 e. The minimum Gasteiger partial charge on any atom is -0.381 e. The molecule has 4 saturated heterocycles.